The van der Waals surface area contributed by atoms with E-state index in [1.807, 2.05) is 0 Å². The number of carbonyl (C=O) groups is 1. The van der Waals surface area contributed by atoms with Crippen molar-refractivity contribution in [2.24, 2.45) is 0 Å². The zero-order chi connectivity index (χ0) is 24.2. The third kappa shape index (κ3) is 6.32. The summed E-state index contributed by atoms with van der Waals surface area (Å²) in [6.45, 7) is 2.78. The molecule has 2 heterocycles. The topological polar surface area (TPSA) is 138 Å². The first kappa shape index (κ1) is 24.7. The maximum Gasteiger partial charge on any atom is 0.459 e. The van der Waals surface area contributed by atoms with Crippen molar-refractivity contribution in [2.75, 3.05) is 13.7 Å². The number of hydrogen-bond acceptors (Lipinski definition) is 8. The van der Waals surface area contributed by atoms with E-state index >= 15 is 0 Å². The van der Waals surface area contributed by atoms with Crippen LogP contribution in [0.5, 0.6) is 5.75 Å². The van der Waals surface area contributed by atoms with Gasteiger partial charge in [-0.1, -0.05) is 23.7 Å². The molecule has 1 aromatic heterocycles. The van der Waals surface area contributed by atoms with Crippen LogP contribution < -0.4 is 26.3 Å². The number of aryl methyl sites for hydroxylation is 1. The molecule has 11 nitrogen and oxygen atoms in total. The van der Waals surface area contributed by atoms with E-state index in [4.69, 9.17) is 21.6 Å². The molecule has 0 saturated carbocycles. The summed E-state index contributed by atoms with van der Waals surface area (Å²) in [5.74, 6) is -0.460. The number of ether oxygens (including phenoxy) is 2. The minimum atomic E-state index is -4.07. The Morgan fingerprint density at radius 3 is 2.67 bits per heavy atom. The number of H-pyrrole nitrogens is 1. The van der Waals surface area contributed by atoms with Gasteiger partial charge in [-0.25, -0.2) is 9.36 Å². The molecular formula is C20H23BN3O8P. The van der Waals surface area contributed by atoms with Crippen molar-refractivity contribution < 1.29 is 27.9 Å². The van der Waals surface area contributed by atoms with Crippen LogP contribution in [0.4, 0.5) is 0 Å². The molecule has 3 rings (SSSR count). The second-order valence-corrected chi connectivity index (χ2v) is 8.95. The average molecular weight is 475 g/mol. The lowest BCUT2D eigenvalue weighted by atomic mass is 9.97. The van der Waals surface area contributed by atoms with Crippen LogP contribution in [0.15, 0.2) is 52.2 Å². The Labute approximate surface area is 190 Å². The molecule has 0 aliphatic carbocycles. The highest BCUT2D eigenvalue weighted by atomic mass is 31.2. The monoisotopic (exact) mass is 475 g/mol. The van der Waals surface area contributed by atoms with Gasteiger partial charge in [0.2, 0.25) is 0 Å². The molecule has 2 N–H and O–H groups in total. The van der Waals surface area contributed by atoms with E-state index in [0.29, 0.717) is 11.0 Å². The number of nitrogens with zero attached hydrogens (tertiary/aromatic N) is 1. The summed E-state index contributed by atoms with van der Waals surface area (Å²) in [7, 11) is 2.79. The van der Waals surface area contributed by atoms with Crippen molar-refractivity contribution in [3.8, 4) is 5.75 Å². The van der Waals surface area contributed by atoms with E-state index < -0.39 is 43.3 Å². The second kappa shape index (κ2) is 10.3. The van der Waals surface area contributed by atoms with Gasteiger partial charge < -0.3 is 14.0 Å². The van der Waals surface area contributed by atoms with E-state index in [2.05, 4.69) is 14.8 Å². The molecule has 0 saturated heterocycles. The number of benzene rings is 1. The fourth-order valence-corrected chi connectivity index (χ4v) is 4.41. The van der Waals surface area contributed by atoms with Crippen LogP contribution in [0.2, 0.25) is 0 Å². The number of carbonyl (C=O) groups excluding carboxylic acids is 1. The van der Waals surface area contributed by atoms with Crippen LogP contribution in [0.25, 0.3) is 0 Å². The quantitative estimate of drug-likeness (QED) is 0.229. The summed E-state index contributed by atoms with van der Waals surface area (Å²) < 4.78 is 36.0. The minimum Gasteiger partial charge on any atom is -0.468 e. The van der Waals surface area contributed by atoms with Crippen LogP contribution in [0.3, 0.4) is 0 Å². The number of hydrogen-bond donors (Lipinski definition) is 2. The number of nitrogens with one attached hydrogen (secondary N) is 2. The van der Waals surface area contributed by atoms with E-state index in [1.54, 1.807) is 31.2 Å². The van der Waals surface area contributed by atoms with Crippen molar-refractivity contribution in [3.63, 3.8) is 0 Å². The first-order chi connectivity index (χ1) is 15.6. The van der Waals surface area contributed by atoms with Crippen molar-refractivity contribution in [1.29, 1.82) is 0 Å². The lowest BCUT2D eigenvalue weighted by Gasteiger charge is -2.24. The van der Waals surface area contributed by atoms with Gasteiger partial charge in [0.15, 0.2) is 6.23 Å². The Balaban J connectivity index is 1.71. The highest BCUT2D eigenvalue weighted by Gasteiger charge is 2.34. The van der Waals surface area contributed by atoms with Crippen molar-refractivity contribution in [3.05, 3.63) is 69.0 Å². The molecule has 0 fully saturated rings. The number of aromatic amines is 1. The first-order valence-electron chi connectivity index (χ1n) is 9.91. The average Bonchev–Trinajstić information content (AvgIpc) is 3.25. The standard InChI is InChI=1S/C20H23BN3O8P/c1-12-10-24(20(27)22-18(12)25)17-9-8-16(31-17)11-30-33(28,23-13(2)19(26)29-3)32-15-6-4-14(21)5-7-15/h4-10,13,16-17H,11H2,1-3H3,(H,23,28)(H,22,25,27)/t13-,16+,17-,33?/m1/s1. The fraction of sp³-hybridized carbons (Fsp3) is 0.350. The number of esters is 1. The zero-order valence-corrected chi connectivity index (χ0v) is 19.1. The highest BCUT2D eigenvalue weighted by molar-refractivity contribution is 7.52. The van der Waals surface area contributed by atoms with Gasteiger partial charge in [-0.3, -0.25) is 23.7 Å². The van der Waals surface area contributed by atoms with Gasteiger partial charge in [0, 0.05) is 11.8 Å². The molecule has 33 heavy (non-hydrogen) atoms. The van der Waals surface area contributed by atoms with Gasteiger partial charge in [0.1, 0.15) is 25.7 Å². The molecule has 174 valence electrons. The Hall–Kier alpha value is -2.92. The maximum atomic E-state index is 13.4. The summed E-state index contributed by atoms with van der Waals surface area (Å²) in [6.07, 6.45) is 3.13. The summed E-state index contributed by atoms with van der Waals surface area (Å²) >= 11 is 0. The van der Waals surface area contributed by atoms with Gasteiger partial charge in [-0.15, -0.1) is 0 Å². The van der Waals surface area contributed by atoms with Crippen molar-refractivity contribution >= 4 is 27.0 Å². The van der Waals surface area contributed by atoms with Crippen LogP contribution in [0.1, 0.15) is 18.7 Å². The third-order valence-corrected chi connectivity index (χ3v) is 6.29. The molecule has 0 spiro atoms. The van der Waals surface area contributed by atoms with E-state index in [1.165, 1.54) is 36.9 Å². The second-order valence-electron chi connectivity index (χ2n) is 7.26. The van der Waals surface area contributed by atoms with Crippen molar-refractivity contribution in [1.82, 2.24) is 14.6 Å². The first-order valence-corrected chi connectivity index (χ1v) is 11.5. The Kier molecular flexibility index (Phi) is 7.75. The third-order valence-electron chi connectivity index (χ3n) is 4.65. The highest BCUT2D eigenvalue weighted by Crippen LogP contribution is 2.45. The van der Waals surface area contributed by atoms with Gasteiger partial charge >= 0.3 is 19.4 Å². The van der Waals surface area contributed by atoms with Gasteiger partial charge in [-0.2, -0.15) is 5.09 Å². The minimum absolute atomic E-state index is 0.202. The van der Waals surface area contributed by atoms with Crippen LogP contribution in [-0.2, 0) is 23.4 Å². The van der Waals surface area contributed by atoms with E-state index in [-0.39, 0.29) is 12.4 Å². The number of aromatic nitrogens is 2. The lowest BCUT2D eigenvalue weighted by molar-refractivity contribution is -0.142. The van der Waals surface area contributed by atoms with E-state index in [0.717, 1.165) is 0 Å². The molecule has 1 unspecified atom stereocenters. The SMILES string of the molecule is [B]c1ccc(OP(=O)(N[C@H](C)C(=O)OC)OC[C@@H]2C=C[C@H](n3cc(C)c(=O)[nH]c3=O)O2)cc1. The summed E-state index contributed by atoms with van der Waals surface area (Å²) in [4.78, 5) is 37.7. The summed E-state index contributed by atoms with van der Waals surface area (Å²) in [5, 5.41) is 2.53. The summed E-state index contributed by atoms with van der Waals surface area (Å²) in [6, 6.07) is 5.12. The predicted octanol–water partition coefficient (Wildman–Crippen LogP) is 0.447. The normalized spacial score (nSPS) is 20.2. The Morgan fingerprint density at radius 2 is 2.00 bits per heavy atom. The van der Waals surface area contributed by atoms with Crippen LogP contribution >= 0.6 is 7.75 Å². The molecule has 2 radical (unpaired) electrons. The molecule has 1 aliphatic rings. The van der Waals surface area contributed by atoms with E-state index in [9.17, 15) is 18.9 Å². The molecule has 0 bridgehead atoms. The maximum absolute atomic E-state index is 13.4. The Bertz CT molecular complexity index is 1190. The number of rotatable bonds is 9. The molecule has 0 amide bonds. The van der Waals surface area contributed by atoms with Gasteiger partial charge in [-0.05, 0) is 32.1 Å². The zero-order valence-electron chi connectivity index (χ0n) is 18.2. The van der Waals surface area contributed by atoms with Crippen LogP contribution in [-0.4, -0.2) is 49.2 Å². The molecule has 1 aliphatic heterocycles. The van der Waals surface area contributed by atoms with Crippen molar-refractivity contribution in [2.45, 2.75) is 32.2 Å². The Morgan fingerprint density at radius 1 is 1.30 bits per heavy atom. The smallest absolute Gasteiger partial charge is 0.459 e. The van der Waals surface area contributed by atoms with Gasteiger partial charge in [0.05, 0.1) is 13.7 Å². The number of methoxy groups -OCH3 is 1. The molecule has 13 heteroatoms. The largest absolute Gasteiger partial charge is 0.468 e. The lowest BCUT2D eigenvalue weighted by Crippen LogP contribution is -2.35. The fourth-order valence-electron chi connectivity index (χ4n) is 2.91. The predicted molar refractivity (Wildman–Crippen MR) is 120 cm³/mol. The van der Waals surface area contributed by atoms with Gasteiger partial charge in [0.25, 0.3) is 5.56 Å². The summed E-state index contributed by atoms with van der Waals surface area (Å²) in [5.41, 5.74) is -0.289. The van der Waals surface area contributed by atoms with Crippen LogP contribution in [0, 0.1) is 6.92 Å². The molecule has 4 atom stereocenters. The molecule has 2 aromatic rings. The molecular weight excluding hydrogens is 452 g/mol. The molecule has 1 aromatic carbocycles.